The van der Waals surface area contributed by atoms with Crippen LogP contribution in [0.5, 0.6) is 0 Å². The van der Waals surface area contributed by atoms with Crippen molar-refractivity contribution in [2.45, 2.75) is 39.3 Å². The molecule has 2 aromatic rings. The lowest BCUT2D eigenvalue weighted by Crippen LogP contribution is -2.12. The summed E-state index contributed by atoms with van der Waals surface area (Å²) in [6, 6.07) is 10.9. The summed E-state index contributed by atoms with van der Waals surface area (Å²) in [4.78, 5) is 0. The zero-order valence-corrected chi connectivity index (χ0v) is 11.5. The van der Waals surface area contributed by atoms with E-state index in [-0.39, 0.29) is 0 Å². The maximum Gasteiger partial charge on any atom is 0.0621 e. The second-order valence-electron chi connectivity index (χ2n) is 4.76. The van der Waals surface area contributed by atoms with Crippen molar-refractivity contribution in [3.8, 4) is 6.07 Å². The van der Waals surface area contributed by atoms with Crippen molar-refractivity contribution in [2.24, 2.45) is 0 Å². The Morgan fingerprint density at radius 2 is 2.16 bits per heavy atom. The number of nitriles is 1. The maximum atomic E-state index is 8.57. The van der Waals surface area contributed by atoms with E-state index in [1.54, 1.807) is 0 Å². The number of unbranched alkanes of at least 4 members (excludes halogenated alkanes) is 2. The molecule has 0 atom stereocenters. The molecule has 1 aromatic heterocycles. The lowest BCUT2D eigenvalue weighted by Gasteiger charge is -2.10. The number of aryl methyl sites for hydroxylation is 1. The third-order valence-electron chi connectivity index (χ3n) is 3.38. The molecule has 0 spiro atoms. The van der Waals surface area contributed by atoms with E-state index in [9.17, 15) is 0 Å². The Hall–Kier alpha value is -1.79. The number of hydrogen-bond donors (Lipinski definition) is 1. The zero-order valence-electron chi connectivity index (χ0n) is 11.5. The predicted octanol–water partition coefficient (Wildman–Crippen LogP) is 3.44. The molecule has 1 aromatic carbocycles. The van der Waals surface area contributed by atoms with Gasteiger partial charge >= 0.3 is 0 Å². The molecule has 0 bridgehead atoms. The van der Waals surface area contributed by atoms with E-state index >= 15 is 0 Å². The topological polar surface area (TPSA) is 40.8 Å². The summed E-state index contributed by atoms with van der Waals surface area (Å²) in [5.41, 5.74) is 2.69. The fourth-order valence-corrected chi connectivity index (χ4v) is 2.42. The highest BCUT2D eigenvalue weighted by molar-refractivity contribution is 5.83. The van der Waals surface area contributed by atoms with Gasteiger partial charge in [0.2, 0.25) is 0 Å². The average Bonchev–Trinajstić information content (AvgIpc) is 2.85. The molecule has 0 saturated heterocycles. The number of nitrogens with zero attached hydrogens (tertiary/aromatic N) is 2. The van der Waals surface area contributed by atoms with E-state index in [4.69, 9.17) is 5.26 Å². The van der Waals surface area contributed by atoms with Crippen molar-refractivity contribution >= 4 is 10.9 Å². The number of para-hydroxylation sites is 1. The van der Waals surface area contributed by atoms with Gasteiger partial charge in [-0.25, -0.2) is 0 Å². The van der Waals surface area contributed by atoms with Crippen LogP contribution in [0.1, 0.15) is 31.7 Å². The van der Waals surface area contributed by atoms with Crippen LogP contribution in [0.3, 0.4) is 0 Å². The van der Waals surface area contributed by atoms with E-state index < -0.39 is 0 Å². The van der Waals surface area contributed by atoms with Gasteiger partial charge in [-0.2, -0.15) is 5.26 Å². The van der Waals surface area contributed by atoms with Gasteiger partial charge in [0.05, 0.1) is 11.6 Å². The minimum Gasteiger partial charge on any atom is -0.347 e. The maximum absolute atomic E-state index is 8.57. The van der Waals surface area contributed by atoms with Gasteiger partial charge in [-0.05, 0) is 36.4 Å². The van der Waals surface area contributed by atoms with Crippen LogP contribution < -0.4 is 5.32 Å². The Balaban J connectivity index is 2.16. The summed E-state index contributed by atoms with van der Waals surface area (Å²) >= 11 is 0. The lowest BCUT2D eigenvalue weighted by molar-refractivity contribution is 0.629. The number of nitrogens with one attached hydrogen (secondary N) is 1. The van der Waals surface area contributed by atoms with Crippen LogP contribution in [0.25, 0.3) is 10.9 Å². The monoisotopic (exact) mass is 255 g/mol. The van der Waals surface area contributed by atoms with Gasteiger partial charge in [0, 0.05) is 25.7 Å². The fraction of sp³-hybridized carbons (Fsp3) is 0.438. The molecule has 19 heavy (non-hydrogen) atoms. The summed E-state index contributed by atoms with van der Waals surface area (Å²) in [7, 11) is 0. The van der Waals surface area contributed by atoms with Crippen molar-refractivity contribution < 1.29 is 0 Å². The summed E-state index contributed by atoms with van der Waals surface area (Å²) in [6.07, 6.45) is 4.86. The van der Waals surface area contributed by atoms with E-state index in [1.807, 2.05) is 0 Å². The Morgan fingerprint density at radius 3 is 2.95 bits per heavy atom. The van der Waals surface area contributed by atoms with Gasteiger partial charge in [0.15, 0.2) is 0 Å². The first-order chi connectivity index (χ1) is 9.36. The van der Waals surface area contributed by atoms with Crippen LogP contribution >= 0.6 is 0 Å². The second-order valence-corrected chi connectivity index (χ2v) is 4.76. The molecule has 1 heterocycles. The highest BCUT2D eigenvalue weighted by Crippen LogP contribution is 2.21. The van der Waals surface area contributed by atoms with Crippen molar-refractivity contribution in [1.82, 2.24) is 9.88 Å². The molecule has 2 rings (SSSR count). The zero-order chi connectivity index (χ0) is 13.5. The van der Waals surface area contributed by atoms with Crippen LogP contribution in [-0.2, 0) is 13.1 Å². The van der Waals surface area contributed by atoms with Gasteiger partial charge in [-0.1, -0.05) is 25.1 Å². The fourth-order valence-electron chi connectivity index (χ4n) is 2.42. The molecule has 100 valence electrons. The highest BCUT2D eigenvalue weighted by atomic mass is 15.0. The Morgan fingerprint density at radius 1 is 1.26 bits per heavy atom. The summed E-state index contributed by atoms with van der Waals surface area (Å²) in [5, 5.41) is 13.3. The Kier molecular flexibility index (Phi) is 5.00. The van der Waals surface area contributed by atoms with E-state index in [0.717, 1.165) is 32.5 Å². The molecule has 0 aliphatic rings. The quantitative estimate of drug-likeness (QED) is 0.770. The van der Waals surface area contributed by atoms with Crippen molar-refractivity contribution in [1.29, 1.82) is 5.26 Å². The number of benzene rings is 1. The van der Waals surface area contributed by atoms with E-state index in [0.29, 0.717) is 6.42 Å². The summed E-state index contributed by atoms with van der Waals surface area (Å²) in [5.74, 6) is 0. The average molecular weight is 255 g/mol. The van der Waals surface area contributed by atoms with Crippen LogP contribution in [0.2, 0.25) is 0 Å². The molecular formula is C16H21N3. The smallest absolute Gasteiger partial charge is 0.0621 e. The molecule has 0 unspecified atom stereocenters. The molecule has 0 fully saturated rings. The van der Waals surface area contributed by atoms with Gasteiger partial charge in [-0.3, -0.25) is 0 Å². The molecule has 0 saturated carbocycles. The van der Waals surface area contributed by atoms with Gasteiger partial charge < -0.3 is 9.88 Å². The first-order valence-corrected chi connectivity index (χ1v) is 7.01. The van der Waals surface area contributed by atoms with Gasteiger partial charge in [0.25, 0.3) is 0 Å². The number of fused-ring (bicyclic) bond motifs is 1. The van der Waals surface area contributed by atoms with Crippen molar-refractivity contribution in [3.63, 3.8) is 0 Å². The summed E-state index contributed by atoms with van der Waals surface area (Å²) < 4.78 is 2.32. The molecule has 0 aliphatic heterocycles. The number of aromatic nitrogens is 1. The van der Waals surface area contributed by atoms with Crippen LogP contribution in [0, 0.1) is 11.3 Å². The first-order valence-electron chi connectivity index (χ1n) is 7.01. The Labute approximate surface area is 114 Å². The molecule has 0 aliphatic carbocycles. The Bertz CT molecular complexity index is 563. The highest BCUT2D eigenvalue weighted by Gasteiger charge is 2.05. The predicted molar refractivity (Wildman–Crippen MR) is 78.8 cm³/mol. The molecule has 0 amide bonds. The summed E-state index contributed by atoms with van der Waals surface area (Å²) in [6.45, 7) is 5.02. The number of hydrogen-bond acceptors (Lipinski definition) is 2. The van der Waals surface area contributed by atoms with Gasteiger partial charge in [-0.15, -0.1) is 0 Å². The van der Waals surface area contributed by atoms with E-state index in [2.05, 4.69) is 53.3 Å². The minimum absolute atomic E-state index is 0.656. The molecule has 0 radical (unpaired) electrons. The largest absolute Gasteiger partial charge is 0.347 e. The normalized spacial score (nSPS) is 10.7. The minimum atomic E-state index is 0.656. The van der Waals surface area contributed by atoms with Gasteiger partial charge in [0.1, 0.15) is 0 Å². The first kappa shape index (κ1) is 13.6. The third kappa shape index (κ3) is 3.36. The van der Waals surface area contributed by atoms with Crippen LogP contribution in [0.15, 0.2) is 30.5 Å². The van der Waals surface area contributed by atoms with Crippen molar-refractivity contribution in [2.75, 3.05) is 6.54 Å². The lowest BCUT2D eigenvalue weighted by atomic mass is 10.1. The van der Waals surface area contributed by atoms with Crippen LogP contribution in [0.4, 0.5) is 0 Å². The molecular weight excluding hydrogens is 234 g/mol. The molecule has 1 N–H and O–H groups in total. The van der Waals surface area contributed by atoms with Crippen molar-refractivity contribution in [3.05, 3.63) is 36.0 Å². The number of rotatable bonds is 7. The molecule has 3 nitrogen and oxygen atoms in total. The SMILES string of the molecule is CCNCc1cccc2ccn(CCCCC#N)c12. The second kappa shape index (κ2) is 6.96. The standard InChI is InChI=1S/C16H21N3/c1-2-18-13-15-8-6-7-14-9-12-19(16(14)15)11-5-3-4-10-17/h6-9,12,18H,2-5,11,13H2,1H3. The van der Waals surface area contributed by atoms with E-state index in [1.165, 1.54) is 16.5 Å². The van der Waals surface area contributed by atoms with Crippen LogP contribution in [-0.4, -0.2) is 11.1 Å². The third-order valence-corrected chi connectivity index (χ3v) is 3.38. The molecule has 3 heteroatoms.